The Morgan fingerprint density at radius 2 is 1.50 bits per heavy atom. The average Bonchev–Trinajstić information content (AvgIpc) is 3.00. The minimum atomic E-state index is -1.55. The maximum atomic E-state index is 13.7. The molecule has 3 rings (SSSR count). The van der Waals surface area contributed by atoms with Gasteiger partial charge in [-0.15, -0.1) is 0 Å². The predicted octanol–water partition coefficient (Wildman–Crippen LogP) is 1.98. The lowest BCUT2D eigenvalue weighted by Crippen LogP contribution is -2.48. The summed E-state index contributed by atoms with van der Waals surface area (Å²) in [4.78, 5) is 13.3. The molecule has 0 heterocycles. The van der Waals surface area contributed by atoms with Gasteiger partial charge >= 0.3 is 5.97 Å². The zero-order valence-corrected chi connectivity index (χ0v) is 23.7. The van der Waals surface area contributed by atoms with Crippen LogP contribution in [0.5, 0.6) is 0 Å². The molecule has 3 aromatic carbocycles. The number of carboxylic acids is 1. The van der Waals surface area contributed by atoms with Gasteiger partial charge in [-0.05, 0) is 61.5 Å². The second-order valence-corrected chi connectivity index (χ2v) is 9.56. The Labute approximate surface area is 245 Å². The van der Waals surface area contributed by atoms with Crippen LogP contribution in [0.15, 0.2) is 72.8 Å². The van der Waals surface area contributed by atoms with E-state index in [2.05, 4.69) is 29.0 Å². The van der Waals surface area contributed by atoms with Crippen molar-refractivity contribution in [2.75, 3.05) is 31.6 Å². The number of nitrogens with zero attached hydrogens (tertiary/aromatic N) is 1. The summed E-state index contributed by atoms with van der Waals surface area (Å²) >= 11 is 0. The van der Waals surface area contributed by atoms with Crippen LogP contribution in [0.4, 0.5) is 10.1 Å². The summed E-state index contributed by atoms with van der Waals surface area (Å²) in [5, 5.41) is 56.7. The molecule has 0 aliphatic carbocycles. The summed E-state index contributed by atoms with van der Waals surface area (Å²) < 4.78 is 13.7. The number of hydrogen-bond acceptors (Lipinski definition) is 8. The van der Waals surface area contributed by atoms with Crippen molar-refractivity contribution in [2.24, 2.45) is 0 Å². The molecule has 0 radical (unpaired) electrons. The molecule has 3 aromatic rings. The van der Waals surface area contributed by atoms with E-state index in [9.17, 15) is 19.4 Å². The molecule has 0 amide bonds. The van der Waals surface area contributed by atoms with Gasteiger partial charge in [-0.1, -0.05) is 49.1 Å². The Bertz CT molecular complexity index is 1300. The molecule has 0 fully saturated rings. The molecule has 4 atom stereocenters. The molecule has 0 saturated carbocycles. The summed E-state index contributed by atoms with van der Waals surface area (Å²) in [6, 6.07) is 22.0. The first-order valence-corrected chi connectivity index (χ1v) is 13.5. The third-order valence-corrected chi connectivity index (χ3v) is 6.23. The smallest absolute Gasteiger partial charge is 0.338 e. The van der Waals surface area contributed by atoms with E-state index < -0.39 is 42.8 Å². The lowest BCUT2D eigenvalue weighted by Gasteiger charge is -2.25. The van der Waals surface area contributed by atoms with Gasteiger partial charge in [0.25, 0.3) is 0 Å². The first-order chi connectivity index (χ1) is 20.1. The average molecular weight is 583 g/mol. The molecule has 10 heteroatoms. The number of hydrogen-bond donors (Lipinski definition) is 7. The minimum absolute atomic E-state index is 0.0936. The van der Waals surface area contributed by atoms with Crippen molar-refractivity contribution in [3.63, 3.8) is 0 Å². The van der Waals surface area contributed by atoms with Crippen LogP contribution in [0.3, 0.4) is 0 Å². The highest BCUT2D eigenvalue weighted by Gasteiger charge is 2.29. The van der Waals surface area contributed by atoms with Crippen molar-refractivity contribution in [1.29, 1.82) is 0 Å². The number of aliphatic hydroxyl groups excluding tert-OH is 5. The highest BCUT2D eigenvalue weighted by molar-refractivity contribution is 5.89. The van der Waals surface area contributed by atoms with E-state index in [1.54, 1.807) is 13.1 Å². The van der Waals surface area contributed by atoms with Crippen LogP contribution in [0.25, 0.3) is 0 Å². The number of carboxylic acid groups (broad SMARTS) is 1. The van der Waals surface area contributed by atoms with Crippen molar-refractivity contribution < 1.29 is 39.8 Å². The quantitative estimate of drug-likeness (QED) is 0.159. The van der Waals surface area contributed by atoms with Crippen LogP contribution in [0, 0.1) is 17.7 Å². The van der Waals surface area contributed by atoms with E-state index in [4.69, 9.17) is 20.4 Å². The van der Waals surface area contributed by atoms with Gasteiger partial charge in [0, 0.05) is 36.4 Å². The lowest BCUT2D eigenvalue weighted by atomic mass is 10.0. The minimum Gasteiger partial charge on any atom is -0.478 e. The van der Waals surface area contributed by atoms with Gasteiger partial charge in [-0.25, -0.2) is 9.18 Å². The van der Waals surface area contributed by atoms with E-state index in [-0.39, 0.29) is 12.1 Å². The van der Waals surface area contributed by atoms with E-state index in [0.29, 0.717) is 12.2 Å². The van der Waals surface area contributed by atoms with Crippen LogP contribution in [0.2, 0.25) is 0 Å². The Hall–Kier alpha value is -3.82. The number of rotatable bonds is 12. The molecular weight excluding hydrogens is 543 g/mol. The first-order valence-electron chi connectivity index (χ1n) is 13.5. The fourth-order valence-electron chi connectivity index (χ4n) is 3.92. The number of benzene rings is 3. The normalized spacial score (nSPS) is 13.4. The van der Waals surface area contributed by atoms with E-state index in [1.165, 1.54) is 12.1 Å². The SMILES string of the molecule is CCCN(Cc1ccc(C#Cc2ccccc2)cc1)c1ccc(F)c(C(=O)O)c1.CNC[C@H](O)[C@@H](O)[C@H](O)[C@H](O)CO. The molecule has 0 aliphatic heterocycles. The molecule has 0 saturated heterocycles. The standard InChI is InChI=1S/C25H22FNO2.C7H17NO5/c1-2-16-27(22-14-15-24(26)23(17-22)25(28)29)18-21-12-10-20(11-13-21)9-8-19-6-4-3-5-7-19;1-8-2-4(10)6(12)7(13)5(11)3-9/h3-7,10-15,17H,2,16,18H2,1H3,(H,28,29);4-13H,2-3H2,1H3/t;4-,5+,6+,7+/m.0/s1. The summed E-state index contributed by atoms with van der Waals surface area (Å²) in [6.45, 7) is 2.82. The van der Waals surface area contributed by atoms with Gasteiger partial charge in [0.2, 0.25) is 0 Å². The monoisotopic (exact) mass is 582 g/mol. The topological polar surface area (TPSA) is 154 Å². The van der Waals surface area contributed by atoms with Crippen LogP contribution in [0.1, 0.15) is 40.4 Å². The number of halogens is 1. The highest BCUT2D eigenvalue weighted by atomic mass is 19.1. The summed E-state index contributed by atoms with van der Waals surface area (Å²) in [5.41, 5.74) is 3.35. The van der Waals surface area contributed by atoms with E-state index in [0.717, 1.165) is 29.7 Å². The number of nitrogens with one attached hydrogen (secondary N) is 1. The number of carbonyl (C=O) groups is 1. The number of likely N-dealkylation sites (N-methyl/N-ethyl adjacent to an activating group) is 1. The fraction of sp³-hybridized carbons (Fsp3) is 0.344. The van der Waals surface area contributed by atoms with Crippen LogP contribution in [-0.2, 0) is 6.54 Å². The molecule has 7 N–H and O–H groups in total. The van der Waals surface area contributed by atoms with Crippen molar-refractivity contribution in [3.8, 4) is 11.8 Å². The third-order valence-electron chi connectivity index (χ3n) is 6.23. The number of aromatic carboxylic acids is 1. The van der Waals surface area contributed by atoms with Crippen molar-refractivity contribution in [1.82, 2.24) is 5.32 Å². The Kier molecular flexibility index (Phi) is 14.6. The summed E-state index contributed by atoms with van der Waals surface area (Å²) in [5.74, 6) is 4.31. The second-order valence-electron chi connectivity index (χ2n) is 9.56. The first kappa shape index (κ1) is 34.4. The zero-order chi connectivity index (χ0) is 31.1. The molecule has 226 valence electrons. The van der Waals surface area contributed by atoms with Crippen molar-refractivity contribution >= 4 is 11.7 Å². The van der Waals surface area contributed by atoms with Gasteiger partial charge in [0.05, 0.1) is 18.3 Å². The van der Waals surface area contributed by atoms with Crippen LogP contribution >= 0.6 is 0 Å². The lowest BCUT2D eigenvalue weighted by molar-refractivity contribution is -0.113. The number of aliphatic hydroxyl groups is 5. The van der Waals surface area contributed by atoms with Gasteiger partial charge in [0.1, 0.15) is 24.1 Å². The van der Waals surface area contributed by atoms with Gasteiger partial charge in [-0.2, -0.15) is 0 Å². The summed E-state index contributed by atoms with van der Waals surface area (Å²) in [6.07, 6.45) is -4.76. The fourth-order valence-corrected chi connectivity index (χ4v) is 3.92. The Balaban J connectivity index is 0.000000401. The molecule has 0 spiro atoms. The molecule has 0 aromatic heterocycles. The van der Waals surface area contributed by atoms with Gasteiger partial charge in [0.15, 0.2) is 0 Å². The van der Waals surface area contributed by atoms with Crippen LogP contribution < -0.4 is 10.2 Å². The maximum absolute atomic E-state index is 13.7. The summed E-state index contributed by atoms with van der Waals surface area (Å²) in [7, 11) is 1.57. The van der Waals surface area contributed by atoms with Crippen molar-refractivity contribution in [3.05, 3.63) is 101 Å². The molecule has 9 nitrogen and oxygen atoms in total. The predicted molar refractivity (Wildman–Crippen MR) is 159 cm³/mol. The Morgan fingerprint density at radius 3 is 2.05 bits per heavy atom. The molecule has 0 bridgehead atoms. The third kappa shape index (κ3) is 10.9. The molecular formula is C32H39FN2O7. The second kappa shape index (κ2) is 17.9. The highest BCUT2D eigenvalue weighted by Crippen LogP contribution is 2.22. The molecule has 42 heavy (non-hydrogen) atoms. The van der Waals surface area contributed by atoms with Gasteiger partial charge < -0.3 is 40.9 Å². The number of anilines is 1. The van der Waals surface area contributed by atoms with E-state index in [1.807, 2.05) is 54.6 Å². The molecule has 0 unspecified atom stereocenters. The Morgan fingerprint density at radius 1 is 0.905 bits per heavy atom. The largest absolute Gasteiger partial charge is 0.478 e. The zero-order valence-electron chi connectivity index (χ0n) is 23.7. The van der Waals surface area contributed by atoms with E-state index >= 15 is 0 Å². The van der Waals surface area contributed by atoms with Crippen LogP contribution in [-0.4, -0.2) is 87.8 Å². The van der Waals surface area contributed by atoms with Gasteiger partial charge in [-0.3, -0.25) is 0 Å². The van der Waals surface area contributed by atoms with Crippen molar-refractivity contribution in [2.45, 2.75) is 44.3 Å². The molecule has 0 aliphatic rings. The maximum Gasteiger partial charge on any atom is 0.338 e.